The first-order valence-corrected chi connectivity index (χ1v) is 6.93. The average molecular weight is 247 g/mol. The molecule has 0 unspecified atom stereocenters. The van der Waals surface area contributed by atoms with E-state index in [1.54, 1.807) is 0 Å². The highest BCUT2D eigenvalue weighted by Crippen LogP contribution is 2.44. The first kappa shape index (κ1) is 13.3. The molecule has 1 N–H and O–H groups in total. The Morgan fingerprint density at radius 1 is 1.11 bits per heavy atom. The van der Waals surface area contributed by atoms with Crippen molar-refractivity contribution in [1.29, 1.82) is 0 Å². The van der Waals surface area contributed by atoms with Gasteiger partial charge < -0.3 is 10.1 Å². The van der Waals surface area contributed by atoms with E-state index in [2.05, 4.69) is 46.9 Å². The first-order valence-electron chi connectivity index (χ1n) is 6.93. The van der Waals surface area contributed by atoms with Crippen LogP contribution in [0.4, 0.5) is 5.69 Å². The Balaban J connectivity index is 2.51. The van der Waals surface area contributed by atoms with E-state index in [4.69, 9.17) is 4.74 Å². The molecule has 0 bridgehead atoms. The van der Waals surface area contributed by atoms with Gasteiger partial charge in [0.15, 0.2) is 0 Å². The van der Waals surface area contributed by atoms with Crippen molar-refractivity contribution in [2.75, 3.05) is 11.9 Å². The van der Waals surface area contributed by atoms with E-state index in [0.717, 1.165) is 25.1 Å². The van der Waals surface area contributed by atoms with Crippen molar-refractivity contribution in [1.82, 2.24) is 0 Å². The third-order valence-corrected chi connectivity index (χ3v) is 3.91. The van der Waals surface area contributed by atoms with Gasteiger partial charge in [-0.3, -0.25) is 0 Å². The molecule has 0 amide bonds. The zero-order valence-corrected chi connectivity index (χ0v) is 12.5. The van der Waals surface area contributed by atoms with E-state index in [-0.39, 0.29) is 5.60 Å². The minimum absolute atomic E-state index is 0.0618. The minimum Gasteiger partial charge on any atom is -0.487 e. The van der Waals surface area contributed by atoms with Gasteiger partial charge in [0.1, 0.15) is 11.4 Å². The molecule has 0 fully saturated rings. The molecular formula is C16H25NO. The summed E-state index contributed by atoms with van der Waals surface area (Å²) < 4.78 is 6.12. The highest BCUT2D eigenvalue weighted by atomic mass is 16.5. The maximum Gasteiger partial charge on any atom is 0.127 e. The number of nitrogens with one attached hydrogen (secondary N) is 1. The predicted octanol–water partition coefficient (Wildman–Crippen LogP) is 4.15. The van der Waals surface area contributed by atoms with Gasteiger partial charge >= 0.3 is 0 Å². The average Bonchev–Trinajstić information content (AvgIpc) is 2.63. The van der Waals surface area contributed by atoms with E-state index >= 15 is 0 Å². The Morgan fingerprint density at radius 3 is 2.39 bits per heavy atom. The number of anilines is 1. The van der Waals surface area contributed by atoms with Gasteiger partial charge in [-0.2, -0.15) is 0 Å². The normalized spacial score (nSPS) is 16.3. The molecule has 1 aliphatic heterocycles. The number of fused-ring (bicyclic) bond motifs is 1. The molecule has 2 heteroatoms. The summed E-state index contributed by atoms with van der Waals surface area (Å²) in [5.41, 5.74) is 6.63. The van der Waals surface area contributed by atoms with Crippen LogP contribution in [0.5, 0.6) is 5.75 Å². The van der Waals surface area contributed by atoms with Gasteiger partial charge in [-0.05, 0) is 57.7 Å². The number of rotatable bonds is 3. The van der Waals surface area contributed by atoms with Crippen molar-refractivity contribution < 1.29 is 4.74 Å². The van der Waals surface area contributed by atoms with Crippen LogP contribution in [0.2, 0.25) is 0 Å². The van der Waals surface area contributed by atoms with E-state index in [0.29, 0.717) is 0 Å². The van der Waals surface area contributed by atoms with Crippen molar-refractivity contribution in [3.05, 3.63) is 22.3 Å². The molecule has 1 aromatic carbocycles. The fraction of sp³-hybridized carbons (Fsp3) is 0.625. The second-order valence-electron chi connectivity index (χ2n) is 6.02. The lowest BCUT2D eigenvalue weighted by molar-refractivity contribution is 0.137. The van der Waals surface area contributed by atoms with Crippen LogP contribution in [0.25, 0.3) is 0 Å². The van der Waals surface area contributed by atoms with Crippen molar-refractivity contribution >= 4 is 5.69 Å². The van der Waals surface area contributed by atoms with E-state index in [1.807, 2.05) is 0 Å². The standard InChI is InChI=1S/C16H25NO/c1-7-8-17-14-10(2)11(3)15-13(12(14)4)9-16(5,6)18-15/h17H,7-9H2,1-6H3. The van der Waals surface area contributed by atoms with Crippen LogP contribution in [0.1, 0.15) is 49.4 Å². The molecule has 2 nitrogen and oxygen atoms in total. The van der Waals surface area contributed by atoms with E-state index < -0.39 is 0 Å². The molecule has 0 saturated heterocycles. The molecule has 100 valence electrons. The minimum atomic E-state index is -0.0618. The van der Waals surface area contributed by atoms with Gasteiger partial charge in [-0.1, -0.05) is 6.92 Å². The van der Waals surface area contributed by atoms with Gasteiger partial charge in [0.2, 0.25) is 0 Å². The lowest BCUT2D eigenvalue weighted by Crippen LogP contribution is -2.24. The van der Waals surface area contributed by atoms with Crippen LogP contribution < -0.4 is 10.1 Å². The lowest BCUT2D eigenvalue weighted by atomic mass is 9.92. The highest BCUT2D eigenvalue weighted by molar-refractivity contribution is 5.68. The second-order valence-corrected chi connectivity index (χ2v) is 6.02. The molecule has 0 aliphatic carbocycles. The maximum absolute atomic E-state index is 6.12. The molecule has 2 rings (SSSR count). The summed E-state index contributed by atoms with van der Waals surface area (Å²) in [6, 6.07) is 0. The van der Waals surface area contributed by atoms with Gasteiger partial charge in [0.25, 0.3) is 0 Å². The zero-order chi connectivity index (χ0) is 13.5. The van der Waals surface area contributed by atoms with Crippen molar-refractivity contribution in [3.8, 4) is 5.75 Å². The fourth-order valence-corrected chi connectivity index (χ4v) is 2.79. The van der Waals surface area contributed by atoms with Gasteiger partial charge in [0, 0.05) is 24.2 Å². The number of hydrogen-bond acceptors (Lipinski definition) is 2. The molecule has 0 spiro atoms. The number of benzene rings is 1. The number of ether oxygens (including phenoxy) is 1. The van der Waals surface area contributed by atoms with Crippen molar-refractivity contribution in [3.63, 3.8) is 0 Å². The summed E-state index contributed by atoms with van der Waals surface area (Å²) in [7, 11) is 0. The molecule has 1 aliphatic rings. The second kappa shape index (κ2) is 4.49. The largest absolute Gasteiger partial charge is 0.487 e. The molecule has 1 heterocycles. The summed E-state index contributed by atoms with van der Waals surface area (Å²) in [5, 5.41) is 3.57. The molecule has 1 aromatic rings. The van der Waals surface area contributed by atoms with Crippen LogP contribution >= 0.6 is 0 Å². The Hall–Kier alpha value is -1.18. The van der Waals surface area contributed by atoms with Gasteiger partial charge in [0.05, 0.1) is 0 Å². The third-order valence-electron chi connectivity index (χ3n) is 3.91. The van der Waals surface area contributed by atoms with Crippen LogP contribution in [-0.2, 0) is 6.42 Å². The molecular weight excluding hydrogens is 222 g/mol. The monoisotopic (exact) mass is 247 g/mol. The Morgan fingerprint density at radius 2 is 1.78 bits per heavy atom. The van der Waals surface area contributed by atoms with Crippen LogP contribution in [-0.4, -0.2) is 12.1 Å². The summed E-state index contributed by atoms with van der Waals surface area (Å²) in [5.74, 6) is 1.12. The summed E-state index contributed by atoms with van der Waals surface area (Å²) in [6.07, 6.45) is 2.16. The predicted molar refractivity (Wildman–Crippen MR) is 77.8 cm³/mol. The maximum atomic E-state index is 6.12. The van der Waals surface area contributed by atoms with Gasteiger partial charge in [-0.15, -0.1) is 0 Å². The first-order chi connectivity index (χ1) is 8.37. The van der Waals surface area contributed by atoms with Crippen molar-refractivity contribution in [2.24, 2.45) is 0 Å². The quantitative estimate of drug-likeness (QED) is 0.866. The molecule has 18 heavy (non-hydrogen) atoms. The Bertz CT molecular complexity index is 475. The SMILES string of the molecule is CCCNc1c(C)c(C)c2c(c1C)CC(C)(C)O2. The molecule has 0 radical (unpaired) electrons. The highest BCUT2D eigenvalue weighted by Gasteiger charge is 2.34. The van der Waals surface area contributed by atoms with Crippen LogP contribution in [0.3, 0.4) is 0 Å². The molecule has 0 saturated carbocycles. The molecule has 0 aromatic heterocycles. The van der Waals surface area contributed by atoms with E-state index in [9.17, 15) is 0 Å². The summed E-state index contributed by atoms with van der Waals surface area (Å²) in [4.78, 5) is 0. The fourth-order valence-electron chi connectivity index (χ4n) is 2.79. The summed E-state index contributed by atoms with van der Waals surface area (Å²) >= 11 is 0. The Labute approximate surface area is 111 Å². The van der Waals surface area contributed by atoms with Crippen LogP contribution in [0.15, 0.2) is 0 Å². The Kier molecular flexibility index (Phi) is 3.31. The van der Waals surface area contributed by atoms with Gasteiger partial charge in [-0.25, -0.2) is 0 Å². The zero-order valence-electron chi connectivity index (χ0n) is 12.5. The number of hydrogen-bond donors (Lipinski definition) is 1. The topological polar surface area (TPSA) is 21.3 Å². The van der Waals surface area contributed by atoms with E-state index in [1.165, 1.54) is 27.9 Å². The lowest BCUT2D eigenvalue weighted by Gasteiger charge is -2.19. The third kappa shape index (κ3) is 2.09. The molecule has 0 atom stereocenters. The van der Waals surface area contributed by atoms with Crippen molar-refractivity contribution in [2.45, 2.75) is 60.0 Å². The summed E-state index contributed by atoms with van der Waals surface area (Å²) in [6.45, 7) is 14.1. The smallest absolute Gasteiger partial charge is 0.127 e. The van der Waals surface area contributed by atoms with Crippen LogP contribution in [0, 0.1) is 20.8 Å².